The van der Waals surface area contributed by atoms with Crippen LogP contribution in [0.1, 0.15) is 46.0 Å². The molecule has 0 saturated carbocycles. The van der Waals surface area contributed by atoms with Crippen molar-refractivity contribution in [3.05, 3.63) is 0 Å². The van der Waals surface area contributed by atoms with Gasteiger partial charge in [-0.2, -0.15) is 0 Å². The molecular formula is C13H25N3O. The lowest BCUT2D eigenvalue weighted by Crippen LogP contribution is -2.42. The number of hydrogen-bond donors (Lipinski definition) is 3. The first-order valence-electron chi connectivity index (χ1n) is 6.94. The van der Waals surface area contributed by atoms with E-state index in [0.717, 1.165) is 31.0 Å². The summed E-state index contributed by atoms with van der Waals surface area (Å²) >= 11 is 0. The van der Waals surface area contributed by atoms with Crippen molar-refractivity contribution in [3.8, 4) is 0 Å². The third-order valence-corrected chi connectivity index (χ3v) is 3.83. The summed E-state index contributed by atoms with van der Waals surface area (Å²) in [5, 5.41) is 9.43. The lowest BCUT2D eigenvalue weighted by Gasteiger charge is -2.29. The Kier molecular flexibility index (Phi) is 4.26. The average Bonchev–Trinajstić information content (AvgIpc) is 2.57. The molecule has 3 N–H and O–H groups in total. The van der Waals surface area contributed by atoms with Crippen LogP contribution in [-0.4, -0.2) is 30.7 Å². The molecule has 0 aromatic carbocycles. The Balaban J connectivity index is 1.61. The zero-order valence-electron chi connectivity index (χ0n) is 11.0. The molecule has 2 atom stereocenters. The SMILES string of the molecule is CC(C)NC(=O)NCCC1CC2CCC(C1)N2. The number of urea groups is 1. The molecule has 4 nitrogen and oxygen atoms in total. The van der Waals surface area contributed by atoms with Crippen LogP contribution in [0.15, 0.2) is 0 Å². The van der Waals surface area contributed by atoms with E-state index in [1.807, 2.05) is 13.8 Å². The van der Waals surface area contributed by atoms with Gasteiger partial charge in [-0.15, -0.1) is 0 Å². The number of carbonyl (C=O) groups excluding carboxylic acids is 1. The van der Waals surface area contributed by atoms with E-state index < -0.39 is 0 Å². The molecular weight excluding hydrogens is 214 g/mol. The van der Waals surface area contributed by atoms with Crippen molar-refractivity contribution in [1.82, 2.24) is 16.0 Å². The number of amides is 2. The molecule has 4 heteroatoms. The summed E-state index contributed by atoms with van der Waals surface area (Å²) in [6.07, 6.45) is 6.42. The highest BCUT2D eigenvalue weighted by molar-refractivity contribution is 5.73. The molecule has 2 saturated heterocycles. The molecule has 2 aliphatic heterocycles. The van der Waals surface area contributed by atoms with E-state index in [0.29, 0.717) is 0 Å². The van der Waals surface area contributed by atoms with Gasteiger partial charge in [0.05, 0.1) is 0 Å². The van der Waals surface area contributed by atoms with Crippen LogP contribution in [0.3, 0.4) is 0 Å². The van der Waals surface area contributed by atoms with Crippen LogP contribution in [0.5, 0.6) is 0 Å². The summed E-state index contributed by atoms with van der Waals surface area (Å²) in [6, 6.07) is 1.69. The lowest BCUT2D eigenvalue weighted by molar-refractivity contribution is 0.235. The second-order valence-electron chi connectivity index (χ2n) is 5.82. The maximum absolute atomic E-state index is 11.4. The predicted octanol–water partition coefficient (Wildman–Crippen LogP) is 1.61. The number of carbonyl (C=O) groups is 1. The van der Waals surface area contributed by atoms with Crippen molar-refractivity contribution < 1.29 is 4.79 Å². The summed E-state index contributed by atoms with van der Waals surface area (Å²) < 4.78 is 0. The zero-order valence-corrected chi connectivity index (χ0v) is 11.0. The predicted molar refractivity (Wildman–Crippen MR) is 69.0 cm³/mol. The van der Waals surface area contributed by atoms with Gasteiger partial charge in [0, 0.05) is 24.7 Å². The minimum Gasteiger partial charge on any atom is -0.338 e. The van der Waals surface area contributed by atoms with Gasteiger partial charge in [-0.25, -0.2) is 4.79 Å². The van der Waals surface area contributed by atoms with Crippen molar-refractivity contribution in [2.45, 2.75) is 64.1 Å². The molecule has 0 aromatic rings. The molecule has 0 spiro atoms. The smallest absolute Gasteiger partial charge is 0.314 e. The number of hydrogen-bond acceptors (Lipinski definition) is 2. The molecule has 2 unspecified atom stereocenters. The Bertz CT molecular complexity index is 255. The molecule has 0 aromatic heterocycles. The zero-order chi connectivity index (χ0) is 12.3. The van der Waals surface area contributed by atoms with Crippen molar-refractivity contribution in [2.75, 3.05) is 6.54 Å². The molecule has 17 heavy (non-hydrogen) atoms. The van der Waals surface area contributed by atoms with Gasteiger partial charge in [0.2, 0.25) is 0 Å². The Morgan fingerprint density at radius 1 is 1.29 bits per heavy atom. The van der Waals surface area contributed by atoms with Crippen molar-refractivity contribution >= 4 is 6.03 Å². The van der Waals surface area contributed by atoms with Crippen LogP contribution in [0.4, 0.5) is 4.79 Å². The Hall–Kier alpha value is -0.770. The van der Waals surface area contributed by atoms with Gasteiger partial charge in [-0.05, 0) is 51.9 Å². The molecule has 2 fully saturated rings. The fraction of sp³-hybridized carbons (Fsp3) is 0.923. The van der Waals surface area contributed by atoms with E-state index in [2.05, 4.69) is 16.0 Å². The molecule has 2 aliphatic rings. The van der Waals surface area contributed by atoms with E-state index in [4.69, 9.17) is 0 Å². The van der Waals surface area contributed by atoms with Crippen LogP contribution in [-0.2, 0) is 0 Å². The highest BCUT2D eigenvalue weighted by Gasteiger charge is 2.32. The van der Waals surface area contributed by atoms with Crippen molar-refractivity contribution in [3.63, 3.8) is 0 Å². The monoisotopic (exact) mass is 239 g/mol. The first-order valence-corrected chi connectivity index (χ1v) is 6.94. The van der Waals surface area contributed by atoms with Crippen molar-refractivity contribution in [2.24, 2.45) is 5.92 Å². The van der Waals surface area contributed by atoms with Gasteiger partial charge in [0.15, 0.2) is 0 Å². The topological polar surface area (TPSA) is 53.2 Å². The summed E-state index contributed by atoms with van der Waals surface area (Å²) in [7, 11) is 0. The maximum atomic E-state index is 11.4. The van der Waals surface area contributed by atoms with E-state index >= 15 is 0 Å². The fourth-order valence-corrected chi connectivity index (χ4v) is 3.11. The number of nitrogens with one attached hydrogen (secondary N) is 3. The highest BCUT2D eigenvalue weighted by Crippen LogP contribution is 2.32. The van der Waals surface area contributed by atoms with Gasteiger partial charge < -0.3 is 16.0 Å². The van der Waals surface area contributed by atoms with Crippen LogP contribution >= 0.6 is 0 Å². The standard InChI is InChI=1S/C13H25N3O/c1-9(2)15-13(17)14-6-5-10-7-11-3-4-12(8-10)16-11/h9-12,16H,3-8H2,1-2H3,(H2,14,15,17). The maximum Gasteiger partial charge on any atom is 0.314 e. The quantitative estimate of drug-likeness (QED) is 0.698. The van der Waals surface area contributed by atoms with Crippen LogP contribution in [0.2, 0.25) is 0 Å². The fourth-order valence-electron chi connectivity index (χ4n) is 3.11. The van der Waals surface area contributed by atoms with Crippen molar-refractivity contribution in [1.29, 1.82) is 0 Å². The van der Waals surface area contributed by atoms with Gasteiger partial charge in [0.1, 0.15) is 0 Å². The minimum absolute atomic E-state index is 0.0306. The van der Waals surface area contributed by atoms with E-state index in [1.165, 1.54) is 25.7 Å². The first-order chi connectivity index (χ1) is 8.13. The number of fused-ring (bicyclic) bond motifs is 2. The third-order valence-electron chi connectivity index (χ3n) is 3.83. The average molecular weight is 239 g/mol. The van der Waals surface area contributed by atoms with Crippen LogP contribution in [0.25, 0.3) is 0 Å². The van der Waals surface area contributed by atoms with Gasteiger partial charge in [0.25, 0.3) is 0 Å². The molecule has 2 heterocycles. The molecule has 0 aliphatic carbocycles. The number of piperidine rings is 1. The Morgan fingerprint density at radius 2 is 1.94 bits per heavy atom. The van der Waals surface area contributed by atoms with Gasteiger partial charge in [-0.3, -0.25) is 0 Å². The van der Waals surface area contributed by atoms with E-state index in [1.54, 1.807) is 0 Å². The minimum atomic E-state index is -0.0306. The Morgan fingerprint density at radius 3 is 2.53 bits per heavy atom. The van der Waals surface area contributed by atoms with Gasteiger partial charge in [-0.1, -0.05) is 0 Å². The van der Waals surface area contributed by atoms with Crippen LogP contribution < -0.4 is 16.0 Å². The summed E-state index contributed by atoms with van der Waals surface area (Å²) in [4.78, 5) is 11.4. The summed E-state index contributed by atoms with van der Waals surface area (Å²) in [5.41, 5.74) is 0. The second-order valence-corrected chi connectivity index (χ2v) is 5.82. The summed E-state index contributed by atoms with van der Waals surface area (Å²) in [5.74, 6) is 0.799. The summed E-state index contributed by atoms with van der Waals surface area (Å²) in [6.45, 7) is 4.76. The molecule has 2 amide bonds. The normalized spacial score (nSPS) is 31.6. The lowest BCUT2D eigenvalue weighted by atomic mass is 9.90. The molecule has 98 valence electrons. The Labute approximate surface area is 104 Å². The molecule has 0 radical (unpaired) electrons. The first kappa shape index (κ1) is 12.7. The molecule has 2 bridgehead atoms. The van der Waals surface area contributed by atoms with Gasteiger partial charge >= 0.3 is 6.03 Å². The third kappa shape index (κ3) is 3.87. The van der Waals surface area contributed by atoms with E-state index in [-0.39, 0.29) is 12.1 Å². The number of rotatable bonds is 4. The highest BCUT2D eigenvalue weighted by atomic mass is 16.2. The van der Waals surface area contributed by atoms with Crippen LogP contribution in [0, 0.1) is 5.92 Å². The largest absolute Gasteiger partial charge is 0.338 e. The second kappa shape index (κ2) is 5.71. The molecule has 2 rings (SSSR count). The van der Waals surface area contributed by atoms with E-state index in [9.17, 15) is 4.79 Å².